The fraction of sp³-hybridized carbons (Fsp3) is 0.500. The summed E-state index contributed by atoms with van der Waals surface area (Å²) in [5.74, 6) is 0.814. The van der Waals surface area contributed by atoms with Gasteiger partial charge in [0.2, 0.25) is 0 Å². The lowest BCUT2D eigenvalue weighted by Gasteiger charge is -2.07. The predicted molar refractivity (Wildman–Crippen MR) is 69.7 cm³/mol. The summed E-state index contributed by atoms with van der Waals surface area (Å²) in [4.78, 5) is 4.87. The SMILES string of the molecule is Cc1cc(CSC(=N)N)sc1CN(C)C. The summed E-state index contributed by atoms with van der Waals surface area (Å²) in [6.07, 6.45) is 0. The minimum atomic E-state index is 0.190. The van der Waals surface area contributed by atoms with Crippen LogP contribution in [0.25, 0.3) is 0 Å². The highest BCUT2D eigenvalue weighted by atomic mass is 32.2. The Morgan fingerprint density at radius 1 is 1.60 bits per heavy atom. The highest BCUT2D eigenvalue weighted by Crippen LogP contribution is 2.26. The van der Waals surface area contributed by atoms with Gasteiger partial charge in [-0.3, -0.25) is 5.41 Å². The molecule has 0 unspecified atom stereocenters. The average Bonchev–Trinajstić information content (AvgIpc) is 2.43. The molecule has 1 aromatic rings. The van der Waals surface area contributed by atoms with Gasteiger partial charge in [-0.05, 0) is 32.6 Å². The molecule has 0 bridgehead atoms. The van der Waals surface area contributed by atoms with Gasteiger partial charge in [0, 0.05) is 22.1 Å². The zero-order chi connectivity index (χ0) is 11.4. The average molecular weight is 243 g/mol. The first-order valence-electron chi connectivity index (χ1n) is 4.68. The quantitative estimate of drug-likeness (QED) is 0.630. The first-order valence-corrected chi connectivity index (χ1v) is 6.49. The molecular weight excluding hydrogens is 226 g/mol. The Bertz CT molecular complexity index is 344. The lowest BCUT2D eigenvalue weighted by Crippen LogP contribution is -2.09. The van der Waals surface area contributed by atoms with Gasteiger partial charge < -0.3 is 10.6 Å². The van der Waals surface area contributed by atoms with E-state index < -0.39 is 0 Å². The Morgan fingerprint density at radius 3 is 2.80 bits per heavy atom. The highest BCUT2D eigenvalue weighted by molar-refractivity contribution is 8.13. The van der Waals surface area contributed by atoms with Crippen molar-refractivity contribution in [3.8, 4) is 0 Å². The minimum absolute atomic E-state index is 0.190. The lowest BCUT2D eigenvalue weighted by atomic mass is 10.2. The molecule has 0 saturated heterocycles. The van der Waals surface area contributed by atoms with E-state index in [0.717, 1.165) is 12.3 Å². The Morgan fingerprint density at radius 2 is 2.27 bits per heavy atom. The molecule has 15 heavy (non-hydrogen) atoms. The number of hydrogen-bond donors (Lipinski definition) is 2. The van der Waals surface area contributed by atoms with Crippen LogP contribution in [0.2, 0.25) is 0 Å². The van der Waals surface area contributed by atoms with Gasteiger partial charge in [-0.2, -0.15) is 0 Å². The summed E-state index contributed by atoms with van der Waals surface area (Å²) < 4.78 is 0. The third-order valence-corrected chi connectivity index (χ3v) is 4.07. The van der Waals surface area contributed by atoms with E-state index in [4.69, 9.17) is 11.1 Å². The van der Waals surface area contributed by atoms with Crippen LogP contribution in [0.3, 0.4) is 0 Å². The van der Waals surface area contributed by atoms with Crippen molar-refractivity contribution in [1.82, 2.24) is 4.90 Å². The number of thiophene rings is 1. The Balaban J connectivity index is 2.64. The van der Waals surface area contributed by atoms with Crippen molar-refractivity contribution in [2.24, 2.45) is 5.73 Å². The van der Waals surface area contributed by atoms with Crippen LogP contribution in [-0.2, 0) is 12.3 Å². The van der Waals surface area contributed by atoms with E-state index >= 15 is 0 Å². The highest BCUT2D eigenvalue weighted by Gasteiger charge is 2.06. The molecule has 1 heterocycles. The first-order chi connectivity index (χ1) is 6.99. The van der Waals surface area contributed by atoms with Gasteiger partial charge in [-0.1, -0.05) is 11.8 Å². The zero-order valence-corrected chi connectivity index (χ0v) is 11.0. The van der Waals surface area contributed by atoms with Crippen molar-refractivity contribution in [3.63, 3.8) is 0 Å². The van der Waals surface area contributed by atoms with Gasteiger partial charge in [0.1, 0.15) is 0 Å². The molecule has 3 nitrogen and oxygen atoms in total. The van der Waals surface area contributed by atoms with Gasteiger partial charge in [0.25, 0.3) is 0 Å². The molecule has 3 N–H and O–H groups in total. The number of hydrogen-bond acceptors (Lipinski definition) is 4. The monoisotopic (exact) mass is 243 g/mol. The van der Waals surface area contributed by atoms with E-state index in [2.05, 4.69) is 32.0 Å². The molecule has 84 valence electrons. The van der Waals surface area contributed by atoms with E-state index in [1.165, 1.54) is 27.1 Å². The Kier molecular flexibility index (Phi) is 4.63. The molecule has 0 spiro atoms. The molecule has 0 aromatic carbocycles. The van der Waals surface area contributed by atoms with Crippen molar-refractivity contribution in [3.05, 3.63) is 21.4 Å². The van der Waals surface area contributed by atoms with Crippen molar-refractivity contribution in [1.29, 1.82) is 5.41 Å². The van der Waals surface area contributed by atoms with Crippen LogP contribution in [0.4, 0.5) is 0 Å². The largest absolute Gasteiger partial charge is 0.379 e. The molecule has 5 heteroatoms. The molecule has 0 radical (unpaired) electrons. The van der Waals surface area contributed by atoms with Crippen molar-refractivity contribution < 1.29 is 0 Å². The number of nitrogens with one attached hydrogen (secondary N) is 1. The van der Waals surface area contributed by atoms with Crippen LogP contribution < -0.4 is 5.73 Å². The van der Waals surface area contributed by atoms with E-state index in [1.54, 1.807) is 0 Å². The number of nitrogens with zero attached hydrogens (tertiary/aromatic N) is 1. The molecule has 1 rings (SSSR count). The summed E-state index contributed by atoms with van der Waals surface area (Å²) >= 11 is 3.20. The van der Waals surface area contributed by atoms with Crippen LogP contribution in [0, 0.1) is 12.3 Å². The lowest BCUT2D eigenvalue weighted by molar-refractivity contribution is 0.405. The second-order valence-electron chi connectivity index (χ2n) is 3.71. The summed E-state index contributed by atoms with van der Waals surface area (Å²) in [6, 6.07) is 2.19. The van der Waals surface area contributed by atoms with E-state index in [-0.39, 0.29) is 5.17 Å². The summed E-state index contributed by atoms with van der Waals surface area (Å²) in [5, 5.41) is 7.34. The number of rotatable bonds is 4. The third kappa shape index (κ3) is 4.24. The topological polar surface area (TPSA) is 53.1 Å². The molecule has 0 aliphatic heterocycles. The molecule has 0 aliphatic carbocycles. The second kappa shape index (κ2) is 5.53. The summed E-state index contributed by atoms with van der Waals surface area (Å²) in [5.41, 5.74) is 6.65. The maximum atomic E-state index is 7.15. The molecule has 0 amide bonds. The molecule has 0 aliphatic rings. The maximum absolute atomic E-state index is 7.15. The van der Waals surface area contributed by atoms with Crippen LogP contribution >= 0.6 is 23.1 Å². The number of thioether (sulfide) groups is 1. The van der Waals surface area contributed by atoms with Crippen molar-refractivity contribution >= 4 is 28.3 Å². The Hall–Kier alpha value is -0.520. The third-order valence-electron chi connectivity index (χ3n) is 1.90. The normalized spacial score (nSPS) is 10.9. The standard InChI is InChI=1S/C10H17N3S2/c1-7-4-8(6-14-10(11)12)15-9(7)5-13(2)3/h4H,5-6H2,1-3H3,(H3,11,12). The van der Waals surface area contributed by atoms with Crippen LogP contribution in [0.1, 0.15) is 15.3 Å². The number of amidine groups is 1. The molecule has 0 fully saturated rings. The van der Waals surface area contributed by atoms with Gasteiger partial charge in [-0.15, -0.1) is 11.3 Å². The van der Waals surface area contributed by atoms with E-state index in [1.807, 2.05) is 11.3 Å². The van der Waals surface area contributed by atoms with Crippen LogP contribution in [0.15, 0.2) is 6.07 Å². The van der Waals surface area contributed by atoms with Crippen LogP contribution in [-0.4, -0.2) is 24.2 Å². The van der Waals surface area contributed by atoms with E-state index in [0.29, 0.717) is 0 Å². The fourth-order valence-corrected chi connectivity index (χ4v) is 3.14. The smallest absolute Gasteiger partial charge is 0.151 e. The fourth-order valence-electron chi connectivity index (χ4n) is 1.25. The zero-order valence-electron chi connectivity index (χ0n) is 9.33. The molecule has 1 aromatic heterocycles. The summed E-state index contributed by atoms with van der Waals surface area (Å²) in [6.45, 7) is 3.12. The predicted octanol–water partition coefficient (Wildman–Crippen LogP) is 2.24. The molecule has 0 saturated carbocycles. The Labute approximate surface area is 99.2 Å². The first kappa shape index (κ1) is 12.5. The molecule has 0 atom stereocenters. The van der Waals surface area contributed by atoms with Crippen LogP contribution in [0.5, 0.6) is 0 Å². The van der Waals surface area contributed by atoms with Gasteiger partial charge in [0.15, 0.2) is 5.17 Å². The van der Waals surface area contributed by atoms with Crippen molar-refractivity contribution in [2.45, 2.75) is 19.2 Å². The van der Waals surface area contributed by atoms with Gasteiger partial charge in [0.05, 0.1) is 0 Å². The number of aryl methyl sites for hydroxylation is 1. The summed E-state index contributed by atoms with van der Waals surface area (Å²) in [7, 11) is 4.15. The van der Waals surface area contributed by atoms with Gasteiger partial charge in [-0.25, -0.2) is 0 Å². The van der Waals surface area contributed by atoms with Gasteiger partial charge >= 0.3 is 0 Å². The minimum Gasteiger partial charge on any atom is -0.379 e. The molecular formula is C10H17N3S2. The van der Waals surface area contributed by atoms with E-state index in [9.17, 15) is 0 Å². The number of nitrogens with two attached hydrogens (primary N) is 1. The van der Waals surface area contributed by atoms with Crippen molar-refractivity contribution in [2.75, 3.05) is 14.1 Å². The maximum Gasteiger partial charge on any atom is 0.151 e. The second-order valence-corrected chi connectivity index (χ2v) is 5.95.